The summed E-state index contributed by atoms with van der Waals surface area (Å²) < 4.78 is 20.0. The van der Waals surface area contributed by atoms with E-state index < -0.39 is 17.2 Å². The Balaban J connectivity index is 2.87. The van der Waals surface area contributed by atoms with E-state index in [4.69, 9.17) is 16.3 Å². The Kier molecular flexibility index (Phi) is 4.09. The van der Waals surface area contributed by atoms with Crippen LogP contribution in [0.25, 0.3) is 10.9 Å². The molecule has 0 N–H and O–H groups in total. The highest BCUT2D eigenvalue weighted by molar-refractivity contribution is 6.35. The van der Waals surface area contributed by atoms with E-state index in [-0.39, 0.29) is 22.6 Å². The number of hydrogen-bond donors (Lipinski definition) is 0. The fourth-order valence-corrected chi connectivity index (χ4v) is 2.28. The van der Waals surface area contributed by atoms with E-state index in [1.54, 1.807) is 11.5 Å². The number of fused-ring (bicyclic) bond motifs is 1. The number of nitrogens with zero attached hydrogens (tertiary/aromatic N) is 1. The van der Waals surface area contributed by atoms with E-state index in [9.17, 15) is 14.0 Å². The van der Waals surface area contributed by atoms with Crippen LogP contribution in [0, 0.1) is 5.82 Å². The van der Waals surface area contributed by atoms with Gasteiger partial charge in [-0.3, -0.25) is 4.79 Å². The Morgan fingerprint density at radius 2 is 2.10 bits per heavy atom. The van der Waals surface area contributed by atoms with Gasteiger partial charge in [0.25, 0.3) is 0 Å². The van der Waals surface area contributed by atoms with Gasteiger partial charge >= 0.3 is 5.97 Å². The molecule has 4 nitrogen and oxygen atoms in total. The molecule has 0 amide bonds. The molecule has 0 spiro atoms. The third kappa shape index (κ3) is 2.29. The van der Waals surface area contributed by atoms with Gasteiger partial charge in [-0.1, -0.05) is 11.6 Å². The molecular formula is C14H13ClFNO3. The molecule has 1 heterocycles. The average Bonchev–Trinajstić information content (AvgIpc) is 2.43. The zero-order chi connectivity index (χ0) is 14.9. The summed E-state index contributed by atoms with van der Waals surface area (Å²) in [6.07, 6.45) is 1.41. The number of esters is 1. The Morgan fingerprint density at radius 1 is 1.40 bits per heavy atom. The molecule has 106 valence electrons. The van der Waals surface area contributed by atoms with Crippen LogP contribution in [-0.4, -0.2) is 17.1 Å². The van der Waals surface area contributed by atoms with Gasteiger partial charge < -0.3 is 9.30 Å². The topological polar surface area (TPSA) is 48.3 Å². The van der Waals surface area contributed by atoms with Crippen LogP contribution in [0.2, 0.25) is 5.02 Å². The molecule has 2 aromatic rings. The van der Waals surface area contributed by atoms with E-state index in [1.807, 2.05) is 6.92 Å². The molecule has 0 aliphatic rings. The first kappa shape index (κ1) is 14.5. The summed E-state index contributed by atoms with van der Waals surface area (Å²) in [5, 5.41) is -0.278. The Labute approximate surface area is 119 Å². The van der Waals surface area contributed by atoms with Crippen LogP contribution >= 0.6 is 11.6 Å². The monoisotopic (exact) mass is 297 g/mol. The van der Waals surface area contributed by atoms with E-state index in [1.165, 1.54) is 18.3 Å². The smallest absolute Gasteiger partial charge is 0.343 e. The van der Waals surface area contributed by atoms with Gasteiger partial charge in [0.05, 0.1) is 22.5 Å². The Bertz CT molecular complexity index is 739. The minimum absolute atomic E-state index is 0.000861. The van der Waals surface area contributed by atoms with Gasteiger partial charge in [0.1, 0.15) is 11.4 Å². The molecule has 0 saturated heterocycles. The first-order chi connectivity index (χ1) is 9.51. The van der Waals surface area contributed by atoms with Crippen molar-refractivity contribution in [3.05, 3.63) is 45.0 Å². The molecule has 0 aliphatic heterocycles. The molecule has 20 heavy (non-hydrogen) atoms. The second-order valence-electron chi connectivity index (χ2n) is 4.13. The predicted molar refractivity (Wildman–Crippen MR) is 74.8 cm³/mol. The third-order valence-electron chi connectivity index (χ3n) is 2.97. The number of benzene rings is 1. The lowest BCUT2D eigenvalue weighted by Crippen LogP contribution is -2.21. The molecule has 0 bridgehead atoms. The lowest BCUT2D eigenvalue weighted by molar-refractivity contribution is 0.0524. The molecule has 0 saturated carbocycles. The summed E-state index contributed by atoms with van der Waals surface area (Å²) in [6, 6.07) is 2.66. The number of pyridine rings is 1. The quantitative estimate of drug-likeness (QED) is 0.818. The number of carbonyl (C=O) groups is 1. The molecule has 0 aliphatic carbocycles. The maximum absolute atomic E-state index is 13.5. The van der Waals surface area contributed by atoms with Gasteiger partial charge in [0.2, 0.25) is 5.43 Å². The first-order valence-corrected chi connectivity index (χ1v) is 6.57. The third-order valence-corrected chi connectivity index (χ3v) is 3.34. The highest BCUT2D eigenvalue weighted by atomic mass is 35.5. The van der Waals surface area contributed by atoms with E-state index in [0.717, 1.165) is 0 Å². The van der Waals surface area contributed by atoms with Crippen molar-refractivity contribution in [3.63, 3.8) is 0 Å². The number of carbonyl (C=O) groups excluding carboxylic acids is 1. The number of aryl methyl sites for hydroxylation is 1. The molecule has 0 fully saturated rings. The van der Waals surface area contributed by atoms with Crippen LogP contribution in [0.1, 0.15) is 24.2 Å². The van der Waals surface area contributed by atoms with Gasteiger partial charge in [-0.05, 0) is 26.0 Å². The Morgan fingerprint density at radius 3 is 2.70 bits per heavy atom. The van der Waals surface area contributed by atoms with Crippen LogP contribution in [-0.2, 0) is 11.3 Å². The standard InChI is InChI=1S/C14H13ClFNO3/c1-3-17-7-8(14(19)20-4-2)13(18)11-10(17)6-5-9(16)12(11)15/h5-7H,3-4H2,1-2H3. The summed E-state index contributed by atoms with van der Waals surface area (Å²) in [5.41, 5.74) is -0.279. The van der Waals surface area contributed by atoms with E-state index in [2.05, 4.69) is 0 Å². The van der Waals surface area contributed by atoms with Crippen molar-refractivity contribution in [2.24, 2.45) is 0 Å². The van der Waals surface area contributed by atoms with Crippen LogP contribution < -0.4 is 5.43 Å². The molecule has 2 rings (SSSR count). The number of halogens is 2. The van der Waals surface area contributed by atoms with Crippen molar-refractivity contribution < 1.29 is 13.9 Å². The van der Waals surface area contributed by atoms with Crippen molar-refractivity contribution in [2.45, 2.75) is 20.4 Å². The first-order valence-electron chi connectivity index (χ1n) is 6.19. The summed E-state index contributed by atoms with van der Waals surface area (Å²) in [6.45, 7) is 4.14. The lowest BCUT2D eigenvalue weighted by Gasteiger charge is -2.12. The summed E-state index contributed by atoms with van der Waals surface area (Å²) >= 11 is 5.87. The van der Waals surface area contributed by atoms with Crippen LogP contribution in [0.4, 0.5) is 4.39 Å². The zero-order valence-electron chi connectivity index (χ0n) is 11.1. The molecule has 0 atom stereocenters. The molecule has 0 unspecified atom stereocenters. The van der Waals surface area contributed by atoms with Gasteiger partial charge in [-0.25, -0.2) is 9.18 Å². The molecular weight excluding hydrogens is 285 g/mol. The summed E-state index contributed by atoms with van der Waals surface area (Å²) in [5.74, 6) is -1.43. The lowest BCUT2D eigenvalue weighted by atomic mass is 10.1. The van der Waals surface area contributed by atoms with Crippen LogP contribution in [0.3, 0.4) is 0 Å². The number of rotatable bonds is 3. The Hall–Kier alpha value is -1.88. The fourth-order valence-electron chi connectivity index (χ4n) is 2.03. The SMILES string of the molecule is CCOC(=O)c1cn(CC)c2ccc(F)c(Cl)c2c1=O. The molecule has 1 aromatic carbocycles. The normalized spacial score (nSPS) is 10.8. The van der Waals surface area contributed by atoms with Crippen LogP contribution in [0.15, 0.2) is 23.1 Å². The van der Waals surface area contributed by atoms with Gasteiger partial charge in [0, 0.05) is 12.7 Å². The van der Waals surface area contributed by atoms with Gasteiger partial charge in [0.15, 0.2) is 0 Å². The van der Waals surface area contributed by atoms with E-state index in [0.29, 0.717) is 12.1 Å². The van der Waals surface area contributed by atoms with Crippen molar-refractivity contribution in [1.82, 2.24) is 4.57 Å². The maximum atomic E-state index is 13.5. The van der Waals surface area contributed by atoms with Crippen molar-refractivity contribution in [1.29, 1.82) is 0 Å². The zero-order valence-corrected chi connectivity index (χ0v) is 11.8. The van der Waals surface area contributed by atoms with Gasteiger partial charge in [-0.2, -0.15) is 0 Å². The number of aromatic nitrogens is 1. The van der Waals surface area contributed by atoms with Crippen LogP contribution in [0.5, 0.6) is 0 Å². The highest BCUT2D eigenvalue weighted by Crippen LogP contribution is 2.24. The molecule has 1 aromatic heterocycles. The second-order valence-corrected chi connectivity index (χ2v) is 4.51. The molecule has 0 radical (unpaired) electrons. The maximum Gasteiger partial charge on any atom is 0.343 e. The molecule has 6 heteroatoms. The summed E-state index contributed by atoms with van der Waals surface area (Å²) in [7, 11) is 0. The average molecular weight is 298 g/mol. The van der Waals surface area contributed by atoms with E-state index >= 15 is 0 Å². The summed E-state index contributed by atoms with van der Waals surface area (Å²) in [4.78, 5) is 24.1. The van der Waals surface area contributed by atoms with Crippen molar-refractivity contribution in [2.75, 3.05) is 6.61 Å². The highest BCUT2D eigenvalue weighted by Gasteiger charge is 2.19. The second kappa shape index (κ2) is 5.63. The largest absolute Gasteiger partial charge is 0.462 e. The van der Waals surface area contributed by atoms with Gasteiger partial charge in [-0.15, -0.1) is 0 Å². The van der Waals surface area contributed by atoms with Crippen molar-refractivity contribution in [3.8, 4) is 0 Å². The minimum Gasteiger partial charge on any atom is -0.462 e. The number of ether oxygens (including phenoxy) is 1. The fraction of sp³-hybridized carbons (Fsp3) is 0.286. The van der Waals surface area contributed by atoms with Crippen molar-refractivity contribution >= 4 is 28.5 Å². The minimum atomic E-state index is -0.734. The predicted octanol–water partition coefficient (Wildman–Crippen LogP) is 2.99. The number of hydrogen-bond acceptors (Lipinski definition) is 3.